The summed E-state index contributed by atoms with van der Waals surface area (Å²) in [6.07, 6.45) is 2.22. The van der Waals surface area contributed by atoms with Crippen molar-refractivity contribution in [3.8, 4) is 0 Å². The summed E-state index contributed by atoms with van der Waals surface area (Å²) in [6.45, 7) is 3.52. The summed E-state index contributed by atoms with van der Waals surface area (Å²) >= 11 is 36.9. The molecule has 0 bridgehead atoms. The van der Waals surface area contributed by atoms with Crippen LogP contribution < -0.4 is 0 Å². The van der Waals surface area contributed by atoms with Gasteiger partial charge in [0.25, 0.3) is 0 Å². The lowest BCUT2D eigenvalue weighted by Crippen LogP contribution is -2.36. The van der Waals surface area contributed by atoms with E-state index in [1.807, 2.05) is 12.3 Å². The summed E-state index contributed by atoms with van der Waals surface area (Å²) in [7, 11) is 1.69. The van der Waals surface area contributed by atoms with Crippen LogP contribution in [0.4, 0.5) is 0 Å². The number of halogens is 6. The fourth-order valence-electron chi connectivity index (χ4n) is 1.99. The fraction of sp³-hybridized carbons (Fsp3) is 0.714. The van der Waals surface area contributed by atoms with Crippen LogP contribution in [0.2, 0.25) is 0 Å². The Labute approximate surface area is 176 Å². The highest BCUT2D eigenvalue weighted by Crippen LogP contribution is 2.42. The van der Waals surface area contributed by atoms with Gasteiger partial charge in [-0.25, -0.2) is 4.98 Å². The first-order valence-corrected chi connectivity index (χ1v) is 10.3. The normalized spacial score (nSPS) is 16.5. The second-order valence-electron chi connectivity index (χ2n) is 5.72. The standard InChI is InChI=1S/C14H18Cl6N2OS/c1-8(13(15,16)17)6-10(12-21-4-5-24-12)22(3)11(23)7-9(2)14(18,19)20/h4-5,8-10H,6-7H2,1-3H3/t8-,9-,10+/m0/s1. The average Bonchev–Trinajstić information content (AvgIpc) is 2.95. The molecule has 1 heterocycles. The molecule has 3 nitrogen and oxygen atoms in total. The van der Waals surface area contributed by atoms with E-state index in [1.165, 1.54) is 11.3 Å². The molecule has 24 heavy (non-hydrogen) atoms. The summed E-state index contributed by atoms with van der Waals surface area (Å²) in [5.41, 5.74) is 0. The van der Waals surface area contributed by atoms with E-state index >= 15 is 0 Å². The van der Waals surface area contributed by atoms with E-state index in [-0.39, 0.29) is 24.3 Å². The second kappa shape index (κ2) is 9.16. The maximum absolute atomic E-state index is 12.6. The van der Waals surface area contributed by atoms with Crippen molar-refractivity contribution in [2.45, 2.75) is 40.3 Å². The SMILES string of the molecule is C[C@@H](CC(=O)N(C)[C@H](C[C@H](C)C(Cl)(Cl)Cl)c1nccs1)C(Cl)(Cl)Cl. The molecule has 0 spiro atoms. The zero-order valence-electron chi connectivity index (χ0n) is 13.3. The van der Waals surface area contributed by atoms with Gasteiger partial charge in [0, 0.05) is 36.9 Å². The Morgan fingerprint density at radius 2 is 1.71 bits per heavy atom. The minimum atomic E-state index is -1.50. The molecule has 1 aromatic rings. The number of carbonyl (C=O) groups is 1. The Hall–Kier alpha value is 0.840. The van der Waals surface area contributed by atoms with Crippen LogP contribution in [0.1, 0.15) is 37.7 Å². The van der Waals surface area contributed by atoms with Crippen molar-refractivity contribution in [2.24, 2.45) is 11.8 Å². The molecule has 1 amide bonds. The summed E-state index contributed by atoms with van der Waals surface area (Å²) in [5.74, 6) is -0.872. The van der Waals surface area contributed by atoms with E-state index in [4.69, 9.17) is 69.6 Å². The van der Waals surface area contributed by atoms with E-state index < -0.39 is 13.5 Å². The van der Waals surface area contributed by atoms with Gasteiger partial charge < -0.3 is 4.90 Å². The van der Waals surface area contributed by atoms with Crippen LogP contribution in [0.5, 0.6) is 0 Å². The first kappa shape index (κ1) is 22.9. The van der Waals surface area contributed by atoms with Gasteiger partial charge in [0.05, 0.1) is 6.04 Å². The van der Waals surface area contributed by atoms with Crippen molar-refractivity contribution in [2.75, 3.05) is 7.05 Å². The lowest BCUT2D eigenvalue weighted by Gasteiger charge is -2.32. The third-order valence-electron chi connectivity index (χ3n) is 3.77. The molecule has 0 unspecified atom stereocenters. The zero-order chi connectivity index (χ0) is 18.7. The topological polar surface area (TPSA) is 33.2 Å². The summed E-state index contributed by atoms with van der Waals surface area (Å²) in [5, 5.41) is 2.61. The molecule has 0 saturated heterocycles. The van der Waals surface area contributed by atoms with Gasteiger partial charge in [-0.2, -0.15) is 0 Å². The molecule has 10 heteroatoms. The van der Waals surface area contributed by atoms with Crippen molar-refractivity contribution in [3.05, 3.63) is 16.6 Å². The molecule has 0 aromatic carbocycles. The predicted molar refractivity (Wildman–Crippen MR) is 106 cm³/mol. The second-order valence-corrected chi connectivity index (χ2v) is 11.4. The van der Waals surface area contributed by atoms with Gasteiger partial charge in [-0.1, -0.05) is 83.5 Å². The van der Waals surface area contributed by atoms with Crippen LogP contribution in [-0.4, -0.2) is 30.4 Å². The van der Waals surface area contributed by atoms with Crippen LogP contribution in [0.25, 0.3) is 0 Å². The molecule has 0 fully saturated rings. The van der Waals surface area contributed by atoms with Gasteiger partial charge in [0.15, 0.2) is 7.59 Å². The zero-order valence-corrected chi connectivity index (χ0v) is 18.6. The van der Waals surface area contributed by atoms with Crippen LogP contribution in [0, 0.1) is 11.8 Å². The first-order chi connectivity index (χ1) is 10.8. The number of amides is 1. The molecule has 0 N–H and O–H groups in total. The van der Waals surface area contributed by atoms with Crippen molar-refractivity contribution in [3.63, 3.8) is 0 Å². The number of nitrogens with zero attached hydrogens (tertiary/aromatic N) is 2. The van der Waals surface area contributed by atoms with Crippen molar-refractivity contribution in [1.29, 1.82) is 0 Å². The quantitative estimate of drug-likeness (QED) is 0.445. The number of carbonyl (C=O) groups excluding carboxylic acids is 1. The fourth-order valence-corrected chi connectivity index (χ4v) is 3.28. The van der Waals surface area contributed by atoms with Crippen LogP contribution in [0.15, 0.2) is 11.6 Å². The summed E-state index contributed by atoms with van der Waals surface area (Å²) < 4.78 is -2.93. The maximum atomic E-state index is 12.6. The molecule has 0 aliphatic rings. The molecular formula is C14H18Cl6N2OS. The number of thiazole rings is 1. The Kier molecular flexibility index (Phi) is 8.74. The third kappa shape index (κ3) is 6.86. The first-order valence-electron chi connectivity index (χ1n) is 7.12. The molecule has 1 aromatic heterocycles. The van der Waals surface area contributed by atoms with E-state index in [9.17, 15) is 4.79 Å². The lowest BCUT2D eigenvalue weighted by molar-refractivity contribution is -0.133. The van der Waals surface area contributed by atoms with Gasteiger partial charge in [-0.15, -0.1) is 11.3 Å². The Bertz CT molecular complexity index is 528. The monoisotopic (exact) mass is 472 g/mol. The number of aromatic nitrogens is 1. The molecule has 0 saturated carbocycles. The number of hydrogen-bond acceptors (Lipinski definition) is 3. The summed E-state index contributed by atoms with van der Waals surface area (Å²) in [6, 6.07) is -0.314. The third-order valence-corrected chi connectivity index (χ3v) is 6.88. The highest BCUT2D eigenvalue weighted by Gasteiger charge is 2.36. The average molecular weight is 475 g/mol. The van der Waals surface area contributed by atoms with Crippen molar-refractivity contribution in [1.82, 2.24) is 9.88 Å². The molecule has 3 atom stereocenters. The van der Waals surface area contributed by atoms with Crippen LogP contribution >= 0.6 is 80.9 Å². The molecule has 138 valence electrons. The number of hydrogen-bond donors (Lipinski definition) is 0. The highest BCUT2D eigenvalue weighted by molar-refractivity contribution is 7.09. The van der Waals surface area contributed by atoms with Gasteiger partial charge >= 0.3 is 0 Å². The Morgan fingerprint density at radius 1 is 1.17 bits per heavy atom. The molecule has 0 radical (unpaired) electrons. The number of alkyl halides is 6. The minimum Gasteiger partial charge on any atom is -0.336 e. The van der Waals surface area contributed by atoms with E-state index in [2.05, 4.69) is 4.98 Å². The summed E-state index contributed by atoms with van der Waals surface area (Å²) in [4.78, 5) is 18.5. The maximum Gasteiger partial charge on any atom is 0.223 e. The van der Waals surface area contributed by atoms with Gasteiger partial charge in [-0.3, -0.25) is 4.79 Å². The van der Waals surface area contributed by atoms with E-state index in [0.29, 0.717) is 6.42 Å². The predicted octanol–water partition coefficient (Wildman–Crippen LogP) is 6.44. The Balaban J connectivity index is 2.93. The molecule has 1 rings (SSSR count). The van der Waals surface area contributed by atoms with E-state index in [1.54, 1.807) is 25.1 Å². The van der Waals surface area contributed by atoms with Gasteiger partial charge in [0.1, 0.15) is 5.01 Å². The minimum absolute atomic E-state index is 0.0943. The highest BCUT2D eigenvalue weighted by atomic mass is 35.6. The smallest absolute Gasteiger partial charge is 0.223 e. The lowest BCUT2D eigenvalue weighted by atomic mass is 10.0. The van der Waals surface area contributed by atoms with Gasteiger partial charge in [-0.05, 0) is 6.42 Å². The van der Waals surface area contributed by atoms with Crippen molar-refractivity contribution < 1.29 is 4.79 Å². The molecule has 0 aliphatic heterocycles. The van der Waals surface area contributed by atoms with Crippen molar-refractivity contribution >= 4 is 86.8 Å². The Morgan fingerprint density at radius 3 is 2.12 bits per heavy atom. The van der Waals surface area contributed by atoms with E-state index in [0.717, 1.165) is 5.01 Å². The number of rotatable bonds is 6. The molecular weight excluding hydrogens is 457 g/mol. The molecule has 0 aliphatic carbocycles. The van der Waals surface area contributed by atoms with Crippen LogP contribution in [-0.2, 0) is 4.79 Å². The van der Waals surface area contributed by atoms with Gasteiger partial charge in [0.2, 0.25) is 5.91 Å². The largest absolute Gasteiger partial charge is 0.336 e. The van der Waals surface area contributed by atoms with Crippen LogP contribution in [0.3, 0.4) is 0 Å².